The van der Waals surface area contributed by atoms with E-state index in [4.69, 9.17) is 30.3 Å². The highest BCUT2D eigenvalue weighted by Gasteiger charge is 2.19. The van der Waals surface area contributed by atoms with Gasteiger partial charge in [0.1, 0.15) is 16.4 Å². The fraction of sp³-hybridized carbons (Fsp3) is 0.100. The number of carbonyl (C=O) groups excluding carboxylic acids is 1. The second kappa shape index (κ2) is 11.0. The van der Waals surface area contributed by atoms with Crippen LogP contribution in [-0.2, 0) is 0 Å². The van der Waals surface area contributed by atoms with Crippen molar-refractivity contribution in [3.63, 3.8) is 0 Å². The number of hydrogen-bond acceptors (Lipinski definition) is 8. The molecule has 0 unspecified atom stereocenters. The maximum Gasteiger partial charge on any atom is 0.275 e. The molecular weight excluding hydrogens is 564 g/mol. The Bertz CT molecular complexity index is 1850. The van der Waals surface area contributed by atoms with Crippen molar-refractivity contribution in [2.75, 3.05) is 26.6 Å². The molecule has 41 heavy (non-hydrogen) atoms. The van der Waals surface area contributed by atoms with Crippen LogP contribution in [0.1, 0.15) is 10.5 Å². The number of ether oxygens (including phenoxy) is 3. The van der Waals surface area contributed by atoms with E-state index < -0.39 is 0 Å². The first-order valence-electron chi connectivity index (χ1n) is 12.4. The van der Waals surface area contributed by atoms with Gasteiger partial charge in [-0.05, 0) is 54.6 Å². The monoisotopic (exact) mass is 586 g/mol. The molecule has 0 bridgehead atoms. The van der Waals surface area contributed by atoms with Crippen molar-refractivity contribution < 1.29 is 23.5 Å². The van der Waals surface area contributed by atoms with E-state index in [9.17, 15) is 4.79 Å². The van der Waals surface area contributed by atoms with E-state index in [1.165, 1.54) is 11.3 Å². The van der Waals surface area contributed by atoms with Gasteiger partial charge in [-0.3, -0.25) is 4.79 Å². The van der Waals surface area contributed by atoms with E-state index in [1.54, 1.807) is 51.0 Å². The molecule has 2 N–H and O–H groups in total. The maximum atomic E-state index is 12.7. The van der Waals surface area contributed by atoms with Gasteiger partial charge >= 0.3 is 0 Å². The predicted octanol–water partition coefficient (Wildman–Crippen LogP) is 7.54. The number of rotatable bonds is 8. The zero-order chi connectivity index (χ0) is 28.5. The van der Waals surface area contributed by atoms with Crippen LogP contribution in [0, 0.1) is 0 Å². The first-order chi connectivity index (χ1) is 20.0. The quantitative estimate of drug-likeness (QED) is 0.189. The number of H-pyrrole nitrogens is 1. The number of nitrogens with one attached hydrogen (secondary N) is 2. The highest BCUT2D eigenvalue weighted by Crippen LogP contribution is 2.42. The van der Waals surface area contributed by atoms with Crippen molar-refractivity contribution in [3.8, 4) is 50.4 Å². The SMILES string of the molecule is COc1cc(-c2cc(-c3c[nH]c4ccc(-c5nc(C(=O)Nc6ccc(Cl)cc6)cs5)cc34)on2)cc(OC)c1OC. The highest BCUT2D eigenvalue weighted by molar-refractivity contribution is 7.13. The Morgan fingerprint density at radius 2 is 1.71 bits per heavy atom. The van der Waals surface area contributed by atoms with Gasteiger partial charge < -0.3 is 29.0 Å². The molecule has 3 aromatic heterocycles. The second-order valence-electron chi connectivity index (χ2n) is 8.95. The average molecular weight is 587 g/mol. The van der Waals surface area contributed by atoms with E-state index in [0.29, 0.717) is 45.1 Å². The molecule has 3 heterocycles. The van der Waals surface area contributed by atoms with Gasteiger partial charge in [-0.15, -0.1) is 11.3 Å². The standard InChI is InChI=1S/C30H23ClN4O5S/c1-37-26-11-17(12-27(38-2)28(26)39-3)23-13-25(40-35-23)21-14-32-22-9-4-16(10-20(21)22)30-34-24(15-41-30)29(36)33-19-7-5-18(31)6-8-19/h4-15,32H,1-3H3,(H,33,36). The minimum absolute atomic E-state index is 0.292. The van der Waals surface area contributed by atoms with E-state index in [0.717, 1.165) is 32.6 Å². The van der Waals surface area contributed by atoms with Gasteiger partial charge in [0, 0.05) is 55.9 Å². The molecule has 6 rings (SSSR count). The third-order valence-electron chi connectivity index (χ3n) is 6.50. The Labute approximate surface area is 243 Å². The largest absolute Gasteiger partial charge is 0.493 e. The Morgan fingerprint density at radius 3 is 2.41 bits per heavy atom. The summed E-state index contributed by atoms with van der Waals surface area (Å²) in [4.78, 5) is 20.6. The number of nitrogens with zero attached hydrogens (tertiary/aromatic N) is 2. The predicted molar refractivity (Wildman–Crippen MR) is 159 cm³/mol. The fourth-order valence-corrected chi connectivity index (χ4v) is 5.39. The van der Waals surface area contributed by atoms with Crippen LogP contribution in [0.15, 0.2) is 76.8 Å². The lowest BCUT2D eigenvalue weighted by molar-refractivity contribution is 0.102. The number of hydrogen-bond donors (Lipinski definition) is 2. The van der Waals surface area contributed by atoms with E-state index in [2.05, 4.69) is 20.4 Å². The molecule has 0 aliphatic heterocycles. The van der Waals surface area contributed by atoms with E-state index in [-0.39, 0.29) is 5.91 Å². The van der Waals surface area contributed by atoms with Crippen LogP contribution in [0.3, 0.4) is 0 Å². The molecule has 0 radical (unpaired) electrons. The third kappa shape index (κ3) is 5.10. The first kappa shape index (κ1) is 26.4. The van der Waals surface area contributed by atoms with Gasteiger partial charge in [0.25, 0.3) is 5.91 Å². The number of anilines is 1. The number of fused-ring (bicyclic) bond motifs is 1. The van der Waals surface area contributed by atoms with Crippen molar-refractivity contribution in [2.24, 2.45) is 0 Å². The molecule has 0 spiro atoms. The smallest absolute Gasteiger partial charge is 0.275 e. The Kier molecular flexibility index (Phi) is 7.08. The van der Waals surface area contributed by atoms with Gasteiger partial charge in [-0.2, -0.15) is 0 Å². The van der Waals surface area contributed by atoms with Crippen LogP contribution in [0.25, 0.3) is 44.1 Å². The number of amides is 1. The van der Waals surface area contributed by atoms with Crippen LogP contribution in [0.5, 0.6) is 17.2 Å². The minimum atomic E-state index is -0.292. The number of methoxy groups -OCH3 is 3. The van der Waals surface area contributed by atoms with Gasteiger partial charge in [-0.25, -0.2) is 4.98 Å². The molecule has 11 heteroatoms. The van der Waals surface area contributed by atoms with Gasteiger partial charge in [0.2, 0.25) is 5.75 Å². The number of benzene rings is 3. The summed E-state index contributed by atoms with van der Waals surface area (Å²) < 4.78 is 22.1. The summed E-state index contributed by atoms with van der Waals surface area (Å²) in [7, 11) is 4.69. The van der Waals surface area contributed by atoms with Crippen LogP contribution >= 0.6 is 22.9 Å². The molecular formula is C30H23ClN4O5S. The summed E-state index contributed by atoms with van der Waals surface area (Å²) in [5, 5.41) is 11.1. The minimum Gasteiger partial charge on any atom is -0.493 e. The van der Waals surface area contributed by atoms with Gasteiger partial charge in [0.15, 0.2) is 17.3 Å². The zero-order valence-corrected chi connectivity index (χ0v) is 23.7. The second-order valence-corrected chi connectivity index (χ2v) is 10.2. The molecule has 206 valence electrons. The van der Waals surface area contributed by atoms with E-state index >= 15 is 0 Å². The van der Waals surface area contributed by atoms with Crippen LogP contribution in [0.2, 0.25) is 5.02 Å². The number of aromatic nitrogens is 3. The summed E-state index contributed by atoms with van der Waals surface area (Å²) in [5.41, 5.74) is 4.98. The maximum absolute atomic E-state index is 12.7. The number of carbonyl (C=O) groups is 1. The van der Waals surface area contributed by atoms with Gasteiger partial charge in [0.05, 0.1) is 21.3 Å². The molecule has 0 aliphatic carbocycles. The molecule has 0 saturated carbocycles. The Balaban J connectivity index is 1.29. The molecule has 0 aliphatic rings. The molecule has 0 atom stereocenters. The lowest BCUT2D eigenvalue weighted by atomic mass is 10.1. The Morgan fingerprint density at radius 1 is 0.951 bits per heavy atom. The molecule has 9 nitrogen and oxygen atoms in total. The lowest BCUT2D eigenvalue weighted by Gasteiger charge is -2.13. The summed E-state index contributed by atoms with van der Waals surface area (Å²) in [6.07, 6.45) is 1.88. The van der Waals surface area contributed by atoms with Crippen LogP contribution in [0.4, 0.5) is 5.69 Å². The summed E-state index contributed by atoms with van der Waals surface area (Å²) in [6, 6.07) is 18.4. The number of thiazole rings is 1. The fourth-order valence-electron chi connectivity index (χ4n) is 4.46. The average Bonchev–Trinajstić information content (AvgIpc) is 3.77. The molecule has 0 saturated heterocycles. The van der Waals surface area contributed by atoms with Crippen molar-refractivity contribution >= 4 is 45.4 Å². The summed E-state index contributed by atoms with van der Waals surface area (Å²) in [6.45, 7) is 0. The lowest BCUT2D eigenvalue weighted by Crippen LogP contribution is -2.12. The van der Waals surface area contributed by atoms with Crippen molar-refractivity contribution in [1.82, 2.24) is 15.1 Å². The highest BCUT2D eigenvalue weighted by atomic mass is 35.5. The molecule has 3 aromatic carbocycles. The van der Waals surface area contributed by atoms with Crippen molar-refractivity contribution in [1.29, 1.82) is 0 Å². The summed E-state index contributed by atoms with van der Waals surface area (Å²) in [5.74, 6) is 1.83. The number of aromatic amines is 1. The normalized spacial score (nSPS) is 11.0. The third-order valence-corrected chi connectivity index (χ3v) is 7.65. The van der Waals surface area contributed by atoms with E-state index in [1.807, 2.05) is 42.6 Å². The zero-order valence-electron chi connectivity index (χ0n) is 22.2. The van der Waals surface area contributed by atoms with Crippen molar-refractivity contribution in [2.45, 2.75) is 0 Å². The molecule has 1 amide bonds. The molecule has 6 aromatic rings. The van der Waals surface area contributed by atoms with Crippen LogP contribution in [-0.4, -0.2) is 42.4 Å². The topological polar surface area (TPSA) is 112 Å². The van der Waals surface area contributed by atoms with Gasteiger partial charge in [-0.1, -0.05) is 16.8 Å². The molecule has 0 fully saturated rings. The van der Waals surface area contributed by atoms with Crippen LogP contribution < -0.4 is 19.5 Å². The Hall–Kier alpha value is -4.80. The first-order valence-corrected chi connectivity index (χ1v) is 13.6. The summed E-state index contributed by atoms with van der Waals surface area (Å²) >= 11 is 7.33. The van der Waals surface area contributed by atoms with Crippen molar-refractivity contribution in [3.05, 3.63) is 83.0 Å². The number of halogens is 1.